The molecule has 1 aliphatic heterocycles. The van der Waals surface area contributed by atoms with Gasteiger partial charge in [0.1, 0.15) is 10.3 Å². The third-order valence-electron chi connectivity index (χ3n) is 2.94. The number of hydrogen-bond donors (Lipinski definition) is 0. The van der Waals surface area contributed by atoms with Gasteiger partial charge < -0.3 is 9.15 Å². The fourth-order valence-corrected chi connectivity index (χ4v) is 4.54. The standard InChI is InChI=1S/C11H13N3O4S2/c1-8-12-13-11(18-8)9-7-14(4-5-17-9)20(15,16)10-3-2-6-19-10/h2-3,6,9H,4-5,7H2,1H3/t9-/m1/s1. The largest absolute Gasteiger partial charge is 0.423 e. The molecule has 7 nitrogen and oxygen atoms in total. The average molecular weight is 315 g/mol. The molecule has 0 saturated carbocycles. The average Bonchev–Trinajstić information content (AvgIpc) is 3.10. The normalized spacial score (nSPS) is 21.1. The van der Waals surface area contributed by atoms with Gasteiger partial charge in [0.2, 0.25) is 11.8 Å². The third-order valence-corrected chi connectivity index (χ3v) is 6.17. The zero-order valence-corrected chi connectivity index (χ0v) is 12.4. The molecule has 1 atom stereocenters. The lowest BCUT2D eigenvalue weighted by molar-refractivity contribution is -0.0176. The second-order valence-electron chi connectivity index (χ2n) is 4.31. The lowest BCUT2D eigenvalue weighted by atomic mass is 10.3. The summed E-state index contributed by atoms with van der Waals surface area (Å²) < 4.78 is 37.4. The zero-order valence-electron chi connectivity index (χ0n) is 10.7. The van der Waals surface area contributed by atoms with E-state index in [4.69, 9.17) is 9.15 Å². The maximum atomic E-state index is 12.4. The van der Waals surface area contributed by atoms with Gasteiger partial charge in [0, 0.05) is 20.0 Å². The van der Waals surface area contributed by atoms with Crippen molar-refractivity contribution < 1.29 is 17.6 Å². The molecule has 0 bridgehead atoms. The van der Waals surface area contributed by atoms with E-state index in [1.807, 2.05) is 0 Å². The predicted octanol–water partition coefficient (Wildman–Crippen LogP) is 1.20. The number of sulfonamides is 1. The van der Waals surface area contributed by atoms with Crippen LogP contribution < -0.4 is 0 Å². The van der Waals surface area contributed by atoms with E-state index < -0.39 is 16.1 Å². The minimum absolute atomic E-state index is 0.182. The van der Waals surface area contributed by atoms with Crippen molar-refractivity contribution in [3.05, 3.63) is 29.3 Å². The molecule has 0 radical (unpaired) electrons. The van der Waals surface area contributed by atoms with E-state index in [0.717, 1.165) is 0 Å². The molecule has 2 aromatic rings. The Hall–Kier alpha value is -1.29. The molecule has 20 heavy (non-hydrogen) atoms. The number of aromatic nitrogens is 2. The molecule has 3 heterocycles. The fourth-order valence-electron chi connectivity index (χ4n) is 1.97. The van der Waals surface area contributed by atoms with Crippen molar-refractivity contribution in [3.8, 4) is 0 Å². The van der Waals surface area contributed by atoms with E-state index in [-0.39, 0.29) is 6.54 Å². The van der Waals surface area contributed by atoms with Crippen LogP contribution in [0, 0.1) is 6.92 Å². The first kappa shape index (κ1) is 13.7. The van der Waals surface area contributed by atoms with E-state index in [1.54, 1.807) is 24.4 Å². The van der Waals surface area contributed by atoms with Crippen LogP contribution in [-0.2, 0) is 14.8 Å². The van der Waals surface area contributed by atoms with Gasteiger partial charge >= 0.3 is 0 Å². The monoisotopic (exact) mass is 315 g/mol. The number of rotatable bonds is 3. The predicted molar refractivity (Wildman–Crippen MR) is 70.8 cm³/mol. The topological polar surface area (TPSA) is 85.5 Å². The van der Waals surface area contributed by atoms with Crippen LogP contribution in [0.3, 0.4) is 0 Å². The zero-order chi connectivity index (χ0) is 14.2. The second kappa shape index (κ2) is 5.24. The van der Waals surface area contributed by atoms with Crippen LogP contribution in [-0.4, -0.2) is 42.6 Å². The van der Waals surface area contributed by atoms with Crippen LogP contribution in [0.1, 0.15) is 17.9 Å². The number of morpholine rings is 1. The molecule has 1 fully saturated rings. The van der Waals surface area contributed by atoms with E-state index in [2.05, 4.69) is 10.2 Å². The summed E-state index contributed by atoms with van der Waals surface area (Å²) in [6.45, 7) is 2.49. The molecule has 9 heteroatoms. The van der Waals surface area contributed by atoms with E-state index in [1.165, 1.54) is 15.6 Å². The Bertz CT molecular complexity index is 680. The molecule has 0 unspecified atom stereocenters. The number of ether oxygens (including phenoxy) is 1. The quantitative estimate of drug-likeness (QED) is 0.846. The van der Waals surface area contributed by atoms with Crippen LogP contribution in [0.15, 0.2) is 26.1 Å². The van der Waals surface area contributed by atoms with E-state index >= 15 is 0 Å². The smallest absolute Gasteiger partial charge is 0.252 e. The van der Waals surface area contributed by atoms with Crippen LogP contribution in [0.2, 0.25) is 0 Å². The molecule has 2 aromatic heterocycles. The lowest BCUT2D eigenvalue weighted by Gasteiger charge is -2.29. The van der Waals surface area contributed by atoms with Gasteiger partial charge in [-0.2, -0.15) is 4.31 Å². The first-order chi connectivity index (χ1) is 9.57. The minimum Gasteiger partial charge on any atom is -0.423 e. The molecule has 0 spiro atoms. The summed E-state index contributed by atoms with van der Waals surface area (Å²) in [4.78, 5) is 0. The first-order valence-electron chi connectivity index (χ1n) is 6.02. The van der Waals surface area contributed by atoms with Gasteiger partial charge in [-0.05, 0) is 11.4 Å². The first-order valence-corrected chi connectivity index (χ1v) is 8.34. The van der Waals surface area contributed by atoms with Crippen molar-refractivity contribution in [3.63, 3.8) is 0 Å². The molecule has 3 rings (SSSR count). The SMILES string of the molecule is Cc1nnc([C@H]2CN(S(=O)(=O)c3cccs3)CCO2)o1. The van der Waals surface area contributed by atoms with Crippen molar-refractivity contribution in [1.82, 2.24) is 14.5 Å². The molecule has 0 amide bonds. The molecule has 0 aromatic carbocycles. The van der Waals surface area contributed by atoms with Crippen molar-refractivity contribution in [2.75, 3.05) is 19.7 Å². The van der Waals surface area contributed by atoms with Gasteiger partial charge in [-0.1, -0.05) is 6.07 Å². The van der Waals surface area contributed by atoms with E-state index in [9.17, 15) is 8.42 Å². The molecule has 1 saturated heterocycles. The molecule has 108 valence electrons. The minimum atomic E-state index is -3.47. The van der Waals surface area contributed by atoms with Gasteiger partial charge in [-0.3, -0.25) is 0 Å². The molecular formula is C11H13N3O4S2. The van der Waals surface area contributed by atoms with Crippen molar-refractivity contribution in [2.24, 2.45) is 0 Å². The summed E-state index contributed by atoms with van der Waals surface area (Å²) in [6, 6.07) is 3.32. The highest BCUT2D eigenvalue weighted by atomic mass is 32.2. The summed E-state index contributed by atoms with van der Waals surface area (Å²) in [5.74, 6) is 0.746. The van der Waals surface area contributed by atoms with Gasteiger partial charge in [-0.25, -0.2) is 8.42 Å². The van der Waals surface area contributed by atoms with E-state index in [0.29, 0.717) is 29.1 Å². The Kier molecular flexibility index (Phi) is 3.59. The number of thiophene rings is 1. The Labute approximate surface area is 120 Å². The Balaban J connectivity index is 1.82. The van der Waals surface area contributed by atoms with Gasteiger partial charge in [0.15, 0.2) is 0 Å². The van der Waals surface area contributed by atoms with Crippen molar-refractivity contribution >= 4 is 21.4 Å². The molecule has 1 aliphatic rings. The Morgan fingerprint density at radius 3 is 2.95 bits per heavy atom. The number of hydrogen-bond acceptors (Lipinski definition) is 7. The molecule has 0 aliphatic carbocycles. The highest BCUT2D eigenvalue weighted by molar-refractivity contribution is 7.91. The van der Waals surface area contributed by atoms with Gasteiger partial charge in [0.25, 0.3) is 10.0 Å². The Morgan fingerprint density at radius 1 is 1.45 bits per heavy atom. The Morgan fingerprint density at radius 2 is 2.30 bits per heavy atom. The van der Waals surface area contributed by atoms with Crippen LogP contribution >= 0.6 is 11.3 Å². The second-order valence-corrected chi connectivity index (χ2v) is 7.43. The van der Waals surface area contributed by atoms with Crippen LogP contribution in [0.25, 0.3) is 0 Å². The molecule has 0 N–H and O–H groups in total. The number of nitrogens with zero attached hydrogens (tertiary/aromatic N) is 3. The summed E-state index contributed by atoms with van der Waals surface area (Å²) in [7, 11) is -3.47. The van der Waals surface area contributed by atoms with Crippen molar-refractivity contribution in [1.29, 1.82) is 0 Å². The van der Waals surface area contributed by atoms with Crippen molar-refractivity contribution in [2.45, 2.75) is 17.2 Å². The van der Waals surface area contributed by atoms with Gasteiger partial charge in [-0.15, -0.1) is 21.5 Å². The lowest BCUT2D eigenvalue weighted by Crippen LogP contribution is -2.42. The summed E-state index contributed by atoms with van der Waals surface area (Å²) >= 11 is 1.20. The van der Waals surface area contributed by atoms with Crippen LogP contribution in [0.4, 0.5) is 0 Å². The summed E-state index contributed by atoms with van der Waals surface area (Å²) in [5, 5.41) is 9.37. The third kappa shape index (κ3) is 2.49. The maximum absolute atomic E-state index is 12.4. The molecular weight excluding hydrogens is 302 g/mol. The van der Waals surface area contributed by atoms with Gasteiger partial charge in [0.05, 0.1) is 6.61 Å². The maximum Gasteiger partial charge on any atom is 0.252 e. The highest BCUT2D eigenvalue weighted by Crippen LogP contribution is 2.27. The summed E-state index contributed by atoms with van der Waals surface area (Å²) in [6.07, 6.45) is -0.514. The fraction of sp³-hybridized carbons (Fsp3) is 0.455. The number of aryl methyl sites for hydroxylation is 1. The highest BCUT2D eigenvalue weighted by Gasteiger charge is 2.34. The van der Waals surface area contributed by atoms with Crippen LogP contribution in [0.5, 0.6) is 0 Å². The summed E-state index contributed by atoms with van der Waals surface area (Å²) in [5.41, 5.74) is 0.